The van der Waals surface area contributed by atoms with E-state index in [0.717, 1.165) is 46.6 Å². The van der Waals surface area contributed by atoms with Crippen LogP contribution < -0.4 is 14.4 Å². The molecule has 2 amide bonds. The van der Waals surface area contributed by atoms with E-state index in [1.807, 2.05) is 120 Å². The summed E-state index contributed by atoms with van der Waals surface area (Å²) < 4.78 is 13.5. The molecule has 6 rings (SSSR count). The molecular weight excluding hydrogens is 562 g/mol. The van der Waals surface area contributed by atoms with Crippen LogP contribution in [0.25, 0.3) is 16.8 Å². The summed E-state index contributed by atoms with van der Waals surface area (Å²) in [7, 11) is 3.25. The van der Waals surface area contributed by atoms with Crippen LogP contribution in [0.1, 0.15) is 47.4 Å². The Morgan fingerprint density at radius 1 is 0.778 bits per heavy atom. The van der Waals surface area contributed by atoms with Crippen molar-refractivity contribution in [1.82, 2.24) is 9.47 Å². The Kier molecular flexibility index (Phi) is 8.69. The molecule has 0 saturated heterocycles. The predicted octanol–water partition coefficient (Wildman–Crippen LogP) is 7.54. The molecule has 0 N–H and O–H groups in total. The number of para-hydroxylation sites is 2. The van der Waals surface area contributed by atoms with Crippen LogP contribution in [0.15, 0.2) is 115 Å². The first-order valence-corrected chi connectivity index (χ1v) is 15.3. The van der Waals surface area contributed by atoms with Crippen molar-refractivity contribution in [2.75, 3.05) is 32.2 Å². The first-order valence-electron chi connectivity index (χ1n) is 15.3. The number of benzene rings is 4. The lowest BCUT2D eigenvalue weighted by atomic mass is 9.96. The number of aromatic nitrogens is 1. The van der Waals surface area contributed by atoms with Gasteiger partial charge in [0.2, 0.25) is 5.91 Å². The van der Waals surface area contributed by atoms with Crippen LogP contribution in [-0.4, -0.2) is 48.6 Å². The summed E-state index contributed by atoms with van der Waals surface area (Å²) in [4.78, 5) is 32.1. The van der Waals surface area contributed by atoms with Crippen molar-refractivity contribution in [3.63, 3.8) is 0 Å². The van der Waals surface area contributed by atoms with Crippen LogP contribution in [0.3, 0.4) is 0 Å². The first kappa shape index (κ1) is 29.8. The van der Waals surface area contributed by atoms with Gasteiger partial charge in [-0.15, -0.1) is 0 Å². The van der Waals surface area contributed by atoms with E-state index in [-0.39, 0.29) is 18.4 Å². The quantitative estimate of drug-likeness (QED) is 0.166. The van der Waals surface area contributed by atoms with Gasteiger partial charge >= 0.3 is 0 Å². The highest BCUT2D eigenvalue weighted by atomic mass is 16.5. The fraction of sp³-hybridized carbons (Fsp3) is 0.211. The van der Waals surface area contributed by atoms with E-state index in [9.17, 15) is 9.59 Å². The van der Waals surface area contributed by atoms with Gasteiger partial charge in [-0.1, -0.05) is 67.9 Å². The number of rotatable bonds is 10. The SMILES string of the molecule is CCCCN(CC(=O)N1c2ccccc2-n2cccc2C1c1cc(OC)ccc1OC)C(=O)c1ccc(-c2ccccc2)cc1. The monoisotopic (exact) mass is 599 g/mol. The van der Waals surface area contributed by atoms with Crippen molar-refractivity contribution in [1.29, 1.82) is 0 Å². The molecule has 1 aliphatic heterocycles. The number of ether oxygens (including phenoxy) is 2. The Morgan fingerprint density at radius 2 is 1.49 bits per heavy atom. The maximum atomic E-state index is 14.6. The number of carbonyl (C=O) groups is 2. The van der Waals surface area contributed by atoms with Crippen molar-refractivity contribution in [3.05, 3.63) is 132 Å². The normalized spacial score (nSPS) is 13.5. The highest BCUT2D eigenvalue weighted by Gasteiger charge is 2.38. The lowest BCUT2D eigenvalue weighted by molar-refractivity contribution is -0.119. The summed E-state index contributed by atoms with van der Waals surface area (Å²) in [5.74, 6) is 0.952. The molecule has 1 atom stereocenters. The van der Waals surface area contributed by atoms with Gasteiger partial charge in [0.25, 0.3) is 5.91 Å². The number of hydrogen-bond acceptors (Lipinski definition) is 4. The summed E-state index contributed by atoms with van der Waals surface area (Å²) in [6, 6.07) is 34.7. The number of methoxy groups -OCH3 is 2. The van der Waals surface area contributed by atoms with Crippen LogP contribution >= 0.6 is 0 Å². The van der Waals surface area contributed by atoms with Crippen LogP contribution in [-0.2, 0) is 4.79 Å². The summed E-state index contributed by atoms with van der Waals surface area (Å²) >= 11 is 0. The smallest absolute Gasteiger partial charge is 0.254 e. The van der Waals surface area contributed by atoms with E-state index >= 15 is 0 Å². The van der Waals surface area contributed by atoms with Crippen molar-refractivity contribution in [3.8, 4) is 28.3 Å². The zero-order valence-corrected chi connectivity index (χ0v) is 25.9. The summed E-state index contributed by atoms with van der Waals surface area (Å²) in [5, 5.41) is 0. The van der Waals surface area contributed by atoms with Crippen molar-refractivity contribution in [2.24, 2.45) is 0 Å². The van der Waals surface area contributed by atoms with Gasteiger partial charge in [-0.25, -0.2) is 0 Å². The Hall–Kier alpha value is -5.30. The zero-order chi connectivity index (χ0) is 31.3. The number of carbonyl (C=O) groups excluding carboxylic acids is 2. The van der Waals surface area contributed by atoms with Crippen LogP contribution in [0.4, 0.5) is 5.69 Å². The van der Waals surface area contributed by atoms with Gasteiger partial charge in [0.1, 0.15) is 24.1 Å². The second-order valence-corrected chi connectivity index (χ2v) is 11.1. The number of unbranched alkanes of at least 4 members (excludes halogenated alkanes) is 1. The van der Waals surface area contributed by atoms with E-state index < -0.39 is 6.04 Å². The Bertz CT molecular complexity index is 1800. The predicted molar refractivity (Wildman–Crippen MR) is 177 cm³/mol. The lowest BCUT2D eigenvalue weighted by Crippen LogP contribution is -2.47. The number of amides is 2. The number of hydrogen-bond donors (Lipinski definition) is 0. The highest BCUT2D eigenvalue weighted by molar-refractivity contribution is 6.03. The molecule has 7 nitrogen and oxygen atoms in total. The zero-order valence-electron chi connectivity index (χ0n) is 25.9. The molecule has 228 valence electrons. The van der Waals surface area contributed by atoms with E-state index in [1.54, 1.807) is 19.1 Å². The highest BCUT2D eigenvalue weighted by Crippen LogP contribution is 2.45. The van der Waals surface area contributed by atoms with Gasteiger partial charge in [-0.3, -0.25) is 14.5 Å². The number of nitrogens with zero attached hydrogens (tertiary/aromatic N) is 3. The van der Waals surface area contributed by atoms with Crippen molar-refractivity contribution in [2.45, 2.75) is 25.8 Å². The number of anilines is 1. The third kappa shape index (κ3) is 5.81. The molecular formula is C38H37N3O4. The molecule has 1 aromatic heterocycles. The molecule has 0 bridgehead atoms. The molecule has 4 aromatic carbocycles. The average molecular weight is 600 g/mol. The molecule has 0 saturated carbocycles. The molecule has 0 fully saturated rings. The molecule has 1 aliphatic rings. The molecule has 5 aromatic rings. The minimum atomic E-state index is -0.513. The van der Waals surface area contributed by atoms with E-state index in [2.05, 4.69) is 11.5 Å². The maximum absolute atomic E-state index is 14.6. The second-order valence-electron chi connectivity index (χ2n) is 11.1. The van der Waals surface area contributed by atoms with Gasteiger partial charge in [-0.05, 0) is 72.1 Å². The van der Waals surface area contributed by atoms with Gasteiger partial charge in [-0.2, -0.15) is 0 Å². The lowest BCUT2D eigenvalue weighted by Gasteiger charge is -2.40. The Balaban J connectivity index is 1.38. The van der Waals surface area contributed by atoms with E-state index in [4.69, 9.17) is 9.47 Å². The molecule has 0 aliphatic carbocycles. The molecule has 0 spiro atoms. The van der Waals surface area contributed by atoms with Crippen LogP contribution in [0.2, 0.25) is 0 Å². The van der Waals surface area contributed by atoms with Crippen molar-refractivity contribution >= 4 is 17.5 Å². The van der Waals surface area contributed by atoms with E-state index in [0.29, 0.717) is 23.6 Å². The largest absolute Gasteiger partial charge is 0.497 e. The summed E-state index contributed by atoms with van der Waals surface area (Å²) in [6.45, 7) is 2.48. The third-order valence-corrected chi connectivity index (χ3v) is 8.35. The minimum absolute atomic E-state index is 0.0723. The molecule has 45 heavy (non-hydrogen) atoms. The topological polar surface area (TPSA) is 64.0 Å². The minimum Gasteiger partial charge on any atom is -0.497 e. The molecule has 2 heterocycles. The Morgan fingerprint density at radius 3 is 2.20 bits per heavy atom. The van der Waals surface area contributed by atoms with Crippen molar-refractivity contribution < 1.29 is 19.1 Å². The van der Waals surface area contributed by atoms with Crippen LogP contribution in [0.5, 0.6) is 11.5 Å². The molecule has 7 heteroatoms. The van der Waals surface area contributed by atoms with Gasteiger partial charge < -0.3 is 18.9 Å². The third-order valence-electron chi connectivity index (χ3n) is 8.35. The number of fused-ring (bicyclic) bond motifs is 3. The maximum Gasteiger partial charge on any atom is 0.254 e. The second kappa shape index (κ2) is 13.1. The van der Waals surface area contributed by atoms with E-state index in [1.165, 1.54) is 0 Å². The first-order chi connectivity index (χ1) is 22.0. The summed E-state index contributed by atoms with van der Waals surface area (Å²) in [6.07, 6.45) is 3.69. The van der Waals surface area contributed by atoms with Gasteiger partial charge in [0.15, 0.2) is 0 Å². The molecule has 0 radical (unpaired) electrons. The van der Waals surface area contributed by atoms with Gasteiger partial charge in [0, 0.05) is 23.9 Å². The fourth-order valence-electron chi connectivity index (χ4n) is 6.07. The molecule has 1 unspecified atom stereocenters. The van der Waals surface area contributed by atoms with Gasteiger partial charge in [0.05, 0.1) is 31.3 Å². The standard InChI is InChI=1S/C38H37N3O4/c1-4-5-23-39(38(43)29-19-17-28(18-20-29)27-12-7-6-8-13-27)26-36(42)41-33-15-10-9-14-32(33)40-24-11-16-34(40)37(41)31-25-30(44-2)21-22-35(31)45-3/h6-22,24-25,37H,4-5,23,26H2,1-3H3. The fourth-order valence-corrected chi connectivity index (χ4v) is 6.07. The average Bonchev–Trinajstić information content (AvgIpc) is 3.59. The summed E-state index contributed by atoms with van der Waals surface area (Å²) in [5.41, 5.74) is 6.04. The van der Waals surface area contributed by atoms with Crippen LogP contribution in [0, 0.1) is 0 Å². The Labute approximate surface area is 264 Å².